The van der Waals surface area contributed by atoms with E-state index in [4.69, 9.17) is 0 Å². The summed E-state index contributed by atoms with van der Waals surface area (Å²) in [6, 6.07) is -2.14. The Morgan fingerprint density at radius 3 is 2.33 bits per heavy atom. The van der Waals surface area contributed by atoms with Gasteiger partial charge in [-0.25, -0.2) is 0 Å². The third-order valence-corrected chi connectivity index (χ3v) is 4.01. The summed E-state index contributed by atoms with van der Waals surface area (Å²) < 4.78 is 39.4. The molecule has 2 aliphatic rings. The van der Waals surface area contributed by atoms with Gasteiger partial charge in [0.2, 0.25) is 11.8 Å². The minimum Gasteiger partial charge on any atom is -0.352 e. The van der Waals surface area contributed by atoms with Gasteiger partial charge in [-0.15, -0.1) is 0 Å². The highest BCUT2D eigenvalue weighted by Crippen LogP contribution is 2.34. The Balaban J connectivity index is 2.12. The van der Waals surface area contributed by atoms with Crippen LogP contribution >= 0.6 is 0 Å². The van der Waals surface area contributed by atoms with Gasteiger partial charge in [0, 0.05) is 25.4 Å². The average molecular weight is 304 g/mol. The molecule has 7 heteroatoms. The zero-order valence-corrected chi connectivity index (χ0v) is 11.8. The van der Waals surface area contributed by atoms with Crippen molar-refractivity contribution < 1.29 is 22.8 Å². The third kappa shape index (κ3) is 3.77. The van der Waals surface area contributed by atoms with Crippen molar-refractivity contribution >= 4 is 11.8 Å². The fourth-order valence-electron chi connectivity index (χ4n) is 3.01. The van der Waals surface area contributed by atoms with E-state index < -0.39 is 30.1 Å². The van der Waals surface area contributed by atoms with Gasteiger partial charge in [0.1, 0.15) is 6.04 Å². The summed E-state index contributed by atoms with van der Waals surface area (Å²) in [5.41, 5.74) is 0. The molecule has 1 aliphatic carbocycles. The van der Waals surface area contributed by atoms with Crippen LogP contribution < -0.4 is 5.32 Å². The van der Waals surface area contributed by atoms with Gasteiger partial charge in [0.25, 0.3) is 0 Å². The summed E-state index contributed by atoms with van der Waals surface area (Å²) in [5, 5.41) is 2.61. The minimum absolute atomic E-state index is 0.0703. The van der Waals surface area contributed by atoms with Crippen molar-refractivity contribution in [2.75, 3.05) is 6.54 Å². The number of rotatable bonds is 2. The molecule has 118 valence electrons. The second-order valence-corrected chi connectivity index (χ2v) is 5.66. The molecule has 2 amide bonds. The van der Waals surface area contributed by atoms with Crippen LogP contribution in [0.15, 0.2) is 12.2 Å². The number of alkyl halides is 3. The number of nitrogens with one attached hydrogen (secondary N) is 1. The Morgan fingerprint density at radius 2 is 1.81 bits per heavy atom. The SMILES string of the molecule is CC(=O)NC1CCC(C(F)(F)F)N(C(=O)C2CC=CC2)C1. The van der Waals surface area contributed by atoms with Gasteiger partial charge in [-0.1, -0.05) is 12.2 Å². The smallest absolute Gasteiger partial charge is 0.352 e. The lowest BCUT2D eigenvalue weighted by Gasteiger charge is -2.41. The van der Waals surface area contributed by atoms with E-state index in [2.05, 4.69) is 5.32 Å². The first-order chi connectivity index (χ1) is 9.79. The zero-order chi connectivity index (χ0) is 15.6. The maximum absolute atomic E-state index is 13.1. The summed E-state index contributed by atoms with van der Waals surface area (Å²) in [7, 11) is 0. The molecular formula is C14H19F3N2O2. The third-order valence-electron chi connectivity index (χ3n) is 4.01. The maximum atomic E-state index is 13.1. The molecule has 2 unspecified atom stereocenters. The van der Waals surface area contributed by atoms with Crippen molar-refractivity contribution in [1.29, 1.82) is 0 Å². The fraction of sp³-hybridized carbons (Fsp3) is 0.714. The Morgan fingerprint density at radius 1 is 1.19 bits per heavy atom. The molecule has 0 saturated carbocycles. The summed E-state index contributed by atoms with van der Waals surface area (Å²) in [5.74, 6) is -1.15. The minimum atomic E-state index is -4.43. The van der Waals surface area contributed by atoms with Crippen molar-refractivity contribution in [1.82, 2.24) is 10.2 Å². The molecule has 2 rings (SSSR count). The van der Waals surface area contributed by atoms with Gasteiger partial charge in [0.15, 0.2) is 0 Å². The molecule has 21 heavy (non-hydrogen) atoms. The standard InChI is InChI=1S/C14H19F3N2O2/c1-9(20)18-11-6-7-12(14(15,16)17)19(8-11)13(21)10-4-2-3-5-10/h2-3,10-12H,4-8H2,1H3,(H,18,20). The largest absolute Gasteiger partial charge is 0.408 e. The molecule has 0 aromatic carbocycles. The number of carbonyl (C=O) groups is 2. The van der Waals surface area contributed by atoms with Crippen LogP contribution in [0.4, 0.5) is 13.2 Å². The van der Waals surface area contributed by atoms with Gasteiger partial charge in [-0.05, 0) is 25.7 Å². The molecule has 0 spiro atoms. The van der Waals surface area contributed by atoms with E-state index in [9.17, 15) is 22.8 Å². The number of piperidine rings is 1. The van der Waals surface area contributed by atoms with E-state index in [1.54, 1.807) is 0 Å². The van der Waals surface area contributed by atoms with Gasteiger partial charge in [0.05, 0.1) is 0 Å². The van der Waals surface area contributed by atoms with E-state index in [0.29, 0.717) is 12.8 Å². The predicted molar refractivity (Wildman–Crippen MR) is 70.3 cm³/mol. The Kier molecular flexibility index (Phi) is 4.58. The molecule has 2 atom stereocenters. The fourth-order valence-corrected chi connectivity index (χ4v) is 3.01. The zero-order valence-electron chi connectivity index (χ0n) is 11.8. The second-order valence-electron chi connectivity index (χ2n) is 5.66. The predicted octanol–water partition coefficient (Wildman–Crippen LogP) is 2.01. The Hall–Kier alpha value is -1.53. The van der Waals surface area contributed by atoms with Gasteiger partial charge < -0.3 is 10.2 Å². The van der Waals surface area contributed by atoms with E-state index in [-0.39, 0.29) is 25.3 Å². The van der Waals surface area contributed by atoms with Crippen molar-refractivity contribution in [2.24, 2.45) is 5.92 Å². The molecule has 0 aromatic heterocycles. The molecule has 1 fully saturated rings. The van der Waals surface area contributed by atoms with Crippen LogP contribution in [-0.4, -0.2) is 41.5 Å². The lowest BCUT2D eigenvalue weighted by molar-refractivity contribution is -0.199. The van der Waals surface area contributed by atoms with Crippen LogP contribution in [-0.2, 0) is 9.59 Å². The van der Waals surface area contributed by atoms with Crippen LogP contribution in [0.2, 0.25) is 0 Å². The first-order valence-electron chi connectivity index (χ1n) is 7.08. The number of hydrogen-bond donors (Lipinski definition) is 1. The van der Waals surface area contributed by atoms with Gasteiger partial charge in [-0.3, -0.25) is 9.59 Å². The Labute approximate surface area is 121 Å². The lowest BCUT2D eigenvalue weighted by atomic mass is 9.94. The lowest BCUT2D eigenvalue weighted by Crippen LogP contribution is -2.59. The number of allylic oxidation sites excluding steroid dienone is 2. The summed E-state index contributed by atoms with van der Waals surface area (Å²) in [6.07, 6.45) is 0.260. The van der Waals surface area contributed by atoms with Crippen molar-refractivity contribution in [2.45, 2.75) is 50.9 Å². The first kappa shape index (κ1) is 15.9. The highest BCUT2D eigenvalue weighted by atomic mass is 19.4. The van der Waals surface area contributed by atoms with Crippen LogP contribution in [0.1, 0.15) is 32.6 Å². The van der Waals surface area contributed by atoms with Crippen LogP contribution in [0.3, 0.4) is 0 Å². The molecule has 0 bridgehead atoms. The Bertz CT molecular complexity index is 440. The number of nitrogens with zero attached hydrogens (tertiary/aromatic N) is 1. The molecule has 4 nitrogen and oxygen atoms in total. The van der Waals surface area contributed by atoms with Crippen LogP contribution in [0, 0.1) is 5.92 Å². The van der Waals surface area contributed by atoms with Crippen molar-refractivity contribution in [3.8, 4) is 0 Å². The molecule has 1 heterocycles. The normalized spacial score (nSPS) is 27.0. The summed E-state index contributed by atoms with van der Waals surface area (Å²) in [4.78, 5) is 24.4. The van der Waals surface area contributed by atoms with Crippen molar-refractivity contribution in [3.05, 3.63) is 12.2 Å². The highest BCUT2D eigenvalue weighted by molar-refractivity contribution is 5.80. The second kappa shape index (κ2) is 6.07. The molecule has 0 radical (unpaired) electrons. The number of amides is 2. The maximum Gasteiger partial charge on any atom is 0.408 e. The van der Waals surface area contributed by atoms with Crippen LogP contribution in [0.25, 0.3) is 0 Å². The van der Waals surface area contributed by atoms with E-state index in [1.165, 1.54) is 6.92 Å². The molecule has 1 saturated heterocycles. The molecule has 1 N–H and O–H groups in total. The molecule has 1 aliphatic heterocycles. The monoisotopic (exact) mass is 304 g/mol. The average Bonchev–Trinajstić information content (AvgIpc) is 2.89. The molecule has 0 aromatic rings. The van der Waals surface area contributed by atoms with Crippen LogP contribution in [0.5, 0.6) is 0 Å². The van der Waals surface area contributed by atoms with Gasteiger partial charge >= 0.3 is 6.18 Å². The first-order valence-corrected chi connectivity index (χ1v) is 7.08. The summed E-state index contributed by atoms with van der Waals surface area (Å²) >= 11 is 0. The van der Waals surface area contributed by atoms with E-state index in [0.717, 1.165) is 4.90 Å². The molecular weight excluding hydrogens is 285 g/mol. The number of carbonyl (C=O) groups excluding carboxylic acids is 2. The topological polar surface area (TPSA) is 49.4 Å². The van der Waals surface area contributed by atoms with E-state index >= 15 is 0 Å². The van der Waals surface area contributed by atoms with Gasteiger partial charge in [-0.2, -0.15) is 13.2 Å². The quantitative estimate of drug-likeness (QED) is 0.793. The number of halogens is 3. The summed E-state index contributed by atoms with van der Waals surface area (Å²) in [6.45, 7) is 1.25. The van der Waals surface area contributed by atoms with Crippen molar-refractivity contribution in [3.63, 3.8) is 0 Å². The number of hydrogen-bond acceptors (Lipinski definition) is 2. The number of likely N-dealkylation sites (tertiary alicyclic amines) is 1. The highest BCUT2D eigenvalue weighted by Gasteiger charge is 2.49. The van der Waals surface area contributed by atoms with E-state index in [1.807, 2.05) is 12.2 Å².